The van der Waals surface area contributed by atoms with Crippen LogP contribution in [0.3, 0.4) is 0 Å². The van der Waals surface area contributed by atoms with Gasteiger partial charge in [-0.15, -0.1) is 0 Å². The van der Waals surface area contributed by atoms with E-state index in [0.717, 1.165) is 24.3 Å². The summed E-state index contributed by atoms with van der Waals surface area (Å²) < 4.78 is 40.1. The van der Waals surface area contributed by atoms with E-state index in [9.17, 15) is 18.4 Å². The van der Waals surface area contributed by atoms with Gasteiger partial charge in [-0.3, -0.25) is 21.4 Å². The number of carbonyl (C=O) groups is 2. The van der Waals surface area contributed by atoms with Gasteiger partial charge in [0, 0.05) is 35.7 Å². The Hall–Kier alpha value is -4.80. The molecule has 4 rings (SSSR count). The van der Waals surface area contributed by atoms with Gasteiger partial charge in [0.2, 0.25) is 0 Å². The maximum Gasteiger partial charge on any atom is 0.333 e. The number of benzene rings is 2. The second-order valence-corrected chi connectivity index (χ2v) is 11.3. The van der Waals surface area contributed by atoms with Gasteiger partial charge in [-0.2, -0.15) is 0 Å². The minimum atomic E-state index is -1.92. The van der Waals surface area contributed by atoms with Gasteiger partial charge in [0.25, 0.3) is 0 Å². The molecule has 0 fully saturated rings. The summed E-state index contributed by atoms with van der Waals surface area (Å²) in [5, 5.41) is 0. The molecule has 0 bridgehead atoms. The van der Waals surface area contributed by atoms with Gasteiger partial charge in [-0.1, -0.05) is 36.4 Å². The van der Waals surface area contributed by atoms with E-state index in [4.69, 9.17) is 20.9 Å². The summed E-state index contributed by atoms with van der Waals surface area (Å²) in [6, 6.07) is 21.1. The quantitative estimate of drug-likeness (QED) is 0.143. The number of ether oxygens (including phenoxy) is 2. The molecule has 0 radical (unpaired) electrons. The van der Waals surface area contributed by atoms with Crippen LogP contribution in [-0.4, -0.2) is 21.9 Å². The number of hydrogen-bond acceptors (Lipinski definition) is 8. The van der Waals surface area contributed by atoms with Crippen molar-refractivity contribution in [2.45, 2.75) is 50.0 Å². The average Bonchev–Trinajstić information content (AvgIpc) is 3.00. The normalized spacial score (nSPS) is 14.8. The summed E-state index contributed by atoms with van der Waals surface area (Å²) in [5.74, 6) is -3.21. The third-order valence-corrected chi connectivity index (χ3v) is 7.85. The summed E-state index contributed by atoms with van der Waals surface area (Å²) in [6.45, 7) is 6.81. The topological polar surface area (TPSA) is 130 Å². The number of nitrogens with zero attached hydrogens (tertiary/aromatic N) is 2. The number of halogens is 2. The Morgan fingerprint density at radius 2 is 1.02 bits per heavy atom. The van der Waals surface area contributed by atoms with Crippen molar-refractivity contribution < 1.29 is 27.8 Å². The molecule has 2 aromatic carbocycles. The maximum atomic E-state index is 14.3. The van der Waals surface area contributed by atoms with Crippen molar-refractivity contribution in [3.05, 3.63) is 144 Å². The first-order valence-electron chi connectivity index (χ1n) is 13.8. The van der Waals surface area contributed by atoms with Gasteiger partial charge < -0.3 is 9.47 Å². The minimum absolute atomic E-state index is 0.168. The molecule has 4 N–H and O–H groups in total. The summed E-state index contributed by atoms with van der Waals surface area (Å²) in [7, 11) is 0. The van der Waals surface area contributed by atoms with Crippen molar-refractivity contribution >= 4 is 11.9 Å². The second-order valence-electron chi connectivity index (χ2n) is 11.3. The first-order chi connectivity index (χ1) is 20.7. The second kappa shape index (κ2) is 12.4. The summed E-state index contributed by atoms with van der Waals surface area (Å²) in [4.78, 5) is 35.1. The molecule has 2 atom stereocenters. The average molecular weight is 601 g/mol. The third kappa shape index (κ3) is 6.27. The lowest BCUT2D eigenvalue weighted by Crippen LogP contribution is -2.56. The van der Waals surface area contributed by atoms with Gasteiger partial charge in [0.1, 0.15) is 11.6 Å². The first-order valence-corrected chi connectivity index (χ1v) is 13.8. The highest BCUT2D eigenvalue weighted by Crippen LogP contribution is 2.42. The fraction of sp³-hybridized carbons (Fsp3) is 0.235. The van der Waals surface area contributed by atoms with Crippen molar-refractivity contribution in [3.63, 3.8) is 0 Å². The molecular weight excluding hydrogens is 566 g/mol. The van der Waals surface area contributed by atoms with E-state index in [0.29, 0.717) is 11.4 Å². The Balaban J connectivity index is 1.65. The van der Waals surface area contributed by atoms with Crippen LogP contribution in [0.4, 0.5) is 8.78 Å². The van der Waals surface area contributed by atoms with Gasteiger partial charge in [-0.25, -0.2) is 18.4 Å². The Labute approximate surface area is 254 Å². The lowest BCUT2D eigenvalue weighted by atomic mass is 9.74. The van der Waals surface area contributed by atoms with Crippen molar-refractivity contribution in [2.24, 2.45) is 11.5 Å². The number of esters is 2. The summed E-state index contributed by atoms with van der Waals surface area (Å²) in [5.41, 5.74) is 8.63. The number of nitrogens with two attached hydrogens (primary N) is 2. The SMILES string of the molecule is CC(C)(c1ccccn1)C(N)(OC(=O)/C=C/C(=O)OC(N)(c1cccc(F)c1)C(C)(C)c1ccccn1)c1cccc(F)c1. The number of aromatic nitrogens is 2. The highest BCUT2D eigenvalue weighted by atomic mass is 19.1. The number of rotatable bonds is 10. The fourth-order valence-corrected chi connectivity index (χ4v) is 4.90. The van der Waals surface area contributed by atoms with Crippen molar-refractivity contribution in [3.8, 4) is 0 Å². The Kier molecular flexibility index (Phi) is 9.08. The predicted molar refractivity (Wildman–Crippen MR) is 160 cm³/mol. The molecule has 44 heavy (non-hydrogen) atoms. The zero-order chi connectivity index (χ0) is 32.2. The molecule has 2 unspecified atom stereocenters. The van der Waals surface area contributed by atoms with Crippen LogP contribution < -0.4 is 11.5 Å². The standard InChI is InChI=1S/C34H34F2N4O4/c1-31(2,27-15-5-7-19-39-27)33(37,23-11-9-13-25(35)21-23)43-29(41)17-18-30(42)44-34(38,24-12-10-14-26(36)22-24)32(3,4)28-16-6-8-20-40-28/h5-22H,37-38H2,1-4H3/b18-17+. The Morgan fingerprint density at radius 3 is 1.34 bits per heavy atom. The highest BCUT2D eigenvalue weighted by molar-refractivity contribution is 5.92. The van der Waals surface area contributed by atoms with E-state index in [-0.39, 0.29) is 11.1 Å². The fourth-order valence-electron chi connectivity index (χ4n) is 4.90. The van der Waals surface area contributed by atoms with Crippen LogP contribution >= 0.6 is 0 Å². The Bertz CT molecular complexity index is 1540. The number of carbonyl (C=O) groups excluding carboxylic acids is 2. The molecule has 2 heterocycles. The number of pyridine rings is 2. The molecule has 0 amide bonds. The maximum absolute atomic E-state index is 14.3. The smallest absolute Gasteiger partial charge is 0.333 e. The van der Waals surface area contributed by atoms with E-state index < -0.39 is 45.9 Å². The van der Waals surface area contributed by atoms with Crippen LogP contribution in [0.25, 0.3) is 0 Å². The van der Waals surface area contributed by atoms with Gasteiger partial charge >= 0.3 is 11.9 Å². The summed E-state index contributed by atoms with van der Waals surface area (Å²) in [6.07, 6.45) is 4.78. The van der Waals surface area contributed by atoms with E-state index in [2.05, 4.69) is 9.97 Å². The van der Waals surface area contributed by atoms with Gasteiger partial charge in [-0.05, 0) is 76.2 Å². The molecule has 0 saturated carbocycles. The lowest BCUT2D eigenvalue weighted by Gasteiger charge is -2.43. The lowest BCUT2D eigenvalue weighted by molar-refractivity contribution is -0.166. The first kappa shape index (κ1) is 32.1. The van der Waals surface area contributed by atoms with Gasteiger partial charge in [0.05, 0.1) is 22.2 Å². The molecule has 0 aliphatic carbocycles. The van der Waals surface area contributed by atoms with Crippen LogP contribution in [0.15, 0.2) is 109 Å². The molecule has 228 valence electrons. The van der Waals surface area contributed by atoms with E-state index in [1.54, 1.807) is 76.5 Å². The Morgan fingerprint density at radius 1 is 0.636 bits per heavy atom. The molecule has 4 aromatic rings. The van der Waals surface area contributed by atoms with Crippen LogP contribution in [0.5, 0.6) is 0 Å². The minimum Gasteiger partial charge on any atom is -0.436 e. The van der Waals surface area contributed by atoms with E-state index >= 15 is 0 Å². The summed E-state index contributed by atoms with van der Waals surface area (Å²) >= 11 is 0. The molecule has 10 heteroatoms. The van der Waals surface area contributed by atoms with Crippen LogP contribution in [0.2, 0.25) is 0 Å². The molecule has 8 nitrogen and oxygen atoms in total. The largest absolute Gasteiger partial charge is 0.436 e. The predicted octanol–water partition coefficient (Wildman–Crippen LogP) is 5.28. The monoisotopic (exact) mass is 600 g/mol. The molecule has 0 saturated heterocycles. The van der Waals surface area contributed by atoms with Crippen molar-refractivity contribution in [1.29, 1.82) is 0 Å². The zero-order valence-electron chi connectivity index (χ0n) is 24.8. The molecule has 0 aliphatic rings. The molecule has 2 aromatic heterocycles. The molecular formula is C34H34F2N4O4. The van der Waals surface area contributed by atoms with Crippen LogP contribution in [-0.2, 0) is 41.3 Å². The molecule has 0 spiro atoms. The van der Waals surface area contributed by atoms with Crippen molar-refractivity contribution in [1.82, 2.24) is 9.97 Å². The third-order valence-electron chi connectivity index (χ3n) is 7.85. The van der Waals surface area contributed by atoms with Crippen LogP contribution in [0, 0.1) is 11.6 Å². The van der Waals surface area contributed by atoms with Crippen LogP contribution in [0.1, 0.15) is 50.2 Å². The highest BCUT2D eigenvalue weighted by Gasteiger charge is 2.50. The number of hydrogen-bond donors (Lipinski definition) is 2. The molecule has 0 aliphatic heterocycles. The van der Waals surface area contributed by atoms with Crippen molar-refractivity contribution in [2.75, 3.05) is 0 Å². The van der Waals surface area contributed by atoms with E-state index in [1.165, 1.54) is 36.4 Å². The zero-order valence-corrected chi connectivity index (χ0v) is 24.8. The van der Waals surface area contributed by atoms with Gasteiger partial charge in [0.15, 0.2) is 11.4 Å². The van der Waals surface area contributed by atoms with E-state index in [1.807, 2.05) is 0 Å².